The molecule has 10 heteroatoms. The third-order valence-corrected chi connectivity index (χ3v) is 5.80. The van der Waals surface area contributed by atoms with Crippen LogP contribution >= 0.6 is 0 Å². The number of carbonyl (C=O) groups is 1. The van der Waals surface area contributed by atoms with Crippen LogP contribution in [0.5, 0.6) is 5.75 Å². The zero-order valence-electron chi connectivity index (χ0n) is 15.7. The zero-order chi connectivity index (χ0) is 20.9. The van der Waals surface area contributed by atoms with Crippen molar-refractivity contribution in [1.82, 2.24) is 4.31 Å². The van der Waals surface area contributed by atoms with Crippen LogP contribution in [0.3, 0.4) is 0 Å². The van der Waals surface area contributed by atoms with E-state index in [1.54, 1.807) is 0 Å². The number of rotatable bonds is 8. The number of nitro benzene ring substituents is 1. The second-order valence-electron chi connectivity index (χ2n) is 5.92. The Bertz CT molecular complexity index is 973. The van der Waals surface area contributed by atoms with Crippen molar-refractivity contribution >= 4 is 27.3 Å². The Hall–Kier alpha value is -2.98. The summed E-state index contributed by atoms with van der Waals surface area (Å²) in [6, 6.07) is 10.2. The lowest BCUT2D eigenvalue weighted by atomic mass is 10.1. The van der Waals surface area contributed by atoms with Crippen LogP contribution in [0.1, 0.15) is 12.5 Å². The SMILES string of the molecule is CCOc1ccc(S(=O)(=O)N(C)CC(=O)Nc2cccc([N+](=O)[O-])c2C)cc1. The Labute approximate surface area is 163 Å². The summed E-state index contributed by atoms with van der Waals surface area (Å²) in [7, 11) is -2.60. The van der Waals surface area contributed by atoms with E-state index in [4.69, 9.17) is 4.74 Å². The van der Waals surface area contributed by atoms with E-state index in [0.717, 1.165) is 4.31 Å². The Morgan fingerprint density at radius 2 is 1.86 bits per heavy atom. The number of ether oxygens (including phenoxy) is 1. The highest BCUT2D eigenvalue weighted by Crippen LogP contribution is 2.25. The Morgan fingerprint density at radius 3 is 2.43 bits per heavy atom. The van der Waals surface area contributed by atoms with Gasteiger partial charge in [0, 0.05) is 13.1 Å². The second kappa shape index (κ2) is 8.81. The molecule has 0 unspecified atom stereocenters. The molecule has 2 aromatic rings. The molecule has 9 nitrogen and oxygen atoms in total. The number of nitro groups is 1. The third-order valence-electron chi connectivity index (χ3n) is 3.99. The lowest BCUT2D eigenvalue weighted by Gasteiger charge is -2.17. The number of hydrogen-bond donors (Lipinski definition) is 1. The molecule has 1 amide bonds. The van der Waals surface area contributed by atoms with Gasteiger partial charge in [0.25, 0.3) is 5.69 Å². The molecule has 0 aliphatic rings. The molecule has 0 aromatic heterocycles. The van der Waals surface area contributed by atoms with Gasteiger partial charge in [0.05, 0.1) is 34.2 Å². The molecule has 2 aromatic carbocycles. The highest BCUT2D eigenvalue weighted by Gasteiger charge is 2.24. The molecule has 0 fully saturated rings. The number of anilines is 1. The first-order valence-corrected chi connectivity index (χ1v) is 9.84. The van der Waals surface area contributed by atoms with Crippen molar-refractivity contribution < 1.29 is 22.9 Å². The van der Waals surface area contributed by atoms with E-state index in [9.17, 15) is 23.3 Å². The van der Waals surface area contributed by atoms with Gasteiger partial charge in [-0.25, -0.2) is 8.42 Å². The van der Waals surface area contributed by atoms with Gasteiger partial charge in [-0.2, -0.15) is 4.31 Å². The molecule has 0 bridgehead atoms. The minimum absolute atomic E-state index is 0.0257. The summed E-state index contributed by atoms with van der Waals surface area (Å²) in [6.45, 7) is 3.34. The van der Waals surface area contributed by atoms with Crippen molar-refractivity contribution in [3.05, 3.63) is 58.1 Å². The third kappa shape index (κ3) is 4.84. The van der Waals surface area contributed by atoms with Gasteiger partial charge < -0.3 is 10.1 Å². The first-order chi connectivity index (χ1) is 13.2. The topological polar surface area (TPSA) is 119 Å². The standard InChI is InChI=1S/C18H21N3O6S/c1-4-27-14-8-10-15(11-9-14)28(25,26)20(3)12-18(22)19-16-6-5-7-17(13(16)2)21(23)24/h5-11H,4,12H2,1-3H3,(H,19,22). The van der Waals surface area contributed by atoms with Crippen molar-refractivity contribution in [2.45, 2.75) is 18.7 Å². The molecule has 2 rings (SSSR count). The summed E-state index contributed by atoms with van der Waals surface area (Å²) < 4.78 is 31.4. The number of likely N-dealkylation sites (N-methyl/N-ethyl adjacent to an activating group) is 1. The highest BCUT2D eigenvalue weighted by molar-refractivity contribution is 7.89. The molecule has 0 aliphatic carbocycles. The van der Waals surface area contributed by atoms with Gasteiger partial charge in [-0.3, -0.25) is 14.9 Å². The van der Waals surface area contributed by atoms with Gasteiger partial charge in [-0.1, -0.05) is 6.07 Å². The van der Waals surface area contributed by atoms with E-state index in [1.807, 2.05) is 6.92 Å². The molecular formula is C18H21N3O6S. The van der Waals surface area contributed by atoms with Crippen molar-refractivity contribution in [1.29, 1.82) is 0 Å². The van der Waals surface area contributed by atoms with Crippen LogP contribution in [0.15, 0.2) is 47.4 Å². The normalized spacial score (nSPS) is 11.3. The van der Waals surface area contributed by atoms with Crippen molar-refractivity contribution in [2.75, 3.05) is 25.5 Å². The molecule has 0 heterocycles. The van der Waals surface area contributed by atoms with E-state index in [0.29, 0.717) is 12.4 Å². The average Bonchev–Trinajstić information content (AvgIpc) is 2.63. The predicted octanol–water partition coefficient (Wildman–Crippen LogP) is 2.56. The molecule has 28 heavy (non-hydrogen) atoms. The fraction of sp³-hybridized carbons (Fsp3) is 0.278. The first kappa shape index (κ1) is 21.3. The van der Waals surface area contributed by atoms with Crippen LogP contribution in [-0.2, 0) is 14.8 Å². The van der Waals surface area contributed by atoms with Crippen LogP contribution in [-0.4, -0.2) is 43.8 Å². The Balaban J connectivity index is 2.11. The van der Waals surface area contributed by atoms with E-state index >= 15 is 0 Å². The Morgan fingerprint density at radius 1 is 1.21 bits per heavy atom. The molecule has 150 valence electrons. The van der Waals surface area contributed by atoms with Crippen molar-refractivity contribution in [3.8, 4) is 5.75 Å². The van der Waals surface area contributed by atoms with Crippen molar-refractivity contribution in [3.63, 3.8) is 0 Å². The molecule has 1 N–H and O–H groups in total. The summed E-state index contributed by atoms with van der Waals surface area (Å²) in [5.41, 5.74) is 0.414. The lowest BCUT2D eigenvalue weighted by molar-refractivity contribution is -0.385. The van der Waals surface area contributed by atoms with Gasteiger partial charge in [0.15, 0.2) is 0 Å². The summed E-state index contributed by atoms with van der Waals surface area (Å²) in [4.78, 5) is 22.7. The van der Waals surface area contributed by atoms with Crippen LogP contribution < -0.4 is 10.1 Å². The van der Waals surface area contributed by atoms with Gasteiger partial charge in [0.1, 0.15) is 5.75 Å². The summed E-state index contributed by atoms with van der Waals surface area (Å²) in [6.07, 6.45) is 0. The number of benzene rings is 2. The lowest BCUT2D eigenvalue weighted by Crippen LogP contribution is -2.35. The second-order valence-corrected chi connectivity index (χ2v) is 7.97. The highest BCUT2D eigenvalue weighted by atomic mass is 32.2. The molecular weight excluding hydrogens is 386 g/mol. The maximum absolute atomic E-state index is 12.6. The fourth-order valence-electron chi connectivity index (χ4n) is 2.49. The molecule has 0 atom stereocenters. The van der Waals surface area contributed by atoms with Crippen molar-refractivity contribution in [2.24, 2.45) is 0 Å². The summed E-state index contributed by atoms with van der Waals surface area (Å²) in [5.74, 6) is -0.0661. The fourth-order valence-corrected chi connectivity index (χ4v) is 3.62. The van der Waals surface area contributed by atoms with E-state index in [2.05, 4.69) is 5.32 Å². The smallest absolute Gasteiger partial charge is 0.274 e. The monoisotopic (exact) mass is 407 g/mol. The number of carbonyl (C=O) groups excluding carboxylic acids is 1. The molecule has 0 aliphatic heterocycles. The number of nitrogens with zero attached hydrogens (tertiary/aromatic N) is 2. The maximum Gasteiger partial charge on any atom is 0.274 e. The minimum Gasteiger partial charge on any atom is -0.494 e. The van der Waals surface area contributed by atoms with E-state index in [1.165, 1.54) is 56.4 Å². The molecule has 0 spiro atoms. The molecule has 0 radical (unpaired) electrons. The van der Waals surface area contributed by atoms with Gasteiger partial charge in [-0.15, -0.1) is 0 Å². The summed E-state index contributed by atoms with van der Waals surface area (Å²) >= 11 is 0. The van der Waals surface area contributed by atoms with Gasteiger partial charge in [0.2, 0.25) is 15.9 Å². The predicted molar refractivity (Wildman–Crippen MR) is 104 cm³/mol. The van der Waals surface area contributed by atoms with Crippen LogP contribution in [0, 0.1) is 17.0 Å². The number of nitrogens with one attached hydrogen (secondary N) is 1. The van der Waals surface area contributed by atoms with Gasteiger partial charge >= 0.3 is 0 Å². The number of amides is 1. The quantitative estimate of drug-likeness (QED) is 0.531. The molecule has 0 saturated heterocycles. The first-order valence-electron chi connectivity index (χ1n) is 8.40. The summed E-state index contributed by atoms with van der Waals surface area (Å²) in [5, 5.41) is 13.5. The minimum atomic E-state index is -3.88. The number of hydrogen-bond acceptors (Lipinski definition) is 6. The van der Waals surface area contributed by atoms with E-state index < -0.39 is 27.4 Å². The van der Waals surface area contributed by atoms with Crippen LogP contribution in [0.2, 0.25) is 0 Å². The number of sulfonamides is 1. The van der Waals surface area contributed by atoms with Gasteiger partial charge in [-0.05, 0) is 44.2 Å². The largest absolute Gasteiger partial charge is 0.494 e. The maximum atomic E-state index is 12.6. The van der Waals surface area contributed by atoms with Crippen LogP contribution in [0.4, 0.5) is 11.4 Å². The van der Waals surface area contributed by atoms with E-state index in [-0.39, 0.29) is 21.8 Å². The van der Waals surface area contributed by atoms with Crippen LogP contribution in [0.25, 0.3) is 0 Å². The molecule has 0 saturated carbocycles. The zero-order valence-corrected chi connectivity index (χ0v) is 16.5. The Kier molecular flexibility index (Phi) is 6.71. The average molecular weight is 407 g/mol.